The molecule has 0 unspecified atom stereocenters. The summed E-state index contributed by atoms with van der Waals surface area (Å²) in [4.78, 5) is 12.4. The van der Waals surface area contributed by atoms with Gasteiger partial charge in [-0.1, -0.05) is 38.5 Å². The topological polar surface area (TPSA) is 75.4 Å². The maximum absolute atomic E-state index is 12.4. The molecule has 0 heterocycles. The minimum Gasteiger partial charge on any atom is -0.394 e. The fourth-order valence-electron chi connectivity index (χ4n) is 3.99. The first-order valence-electron chi connectivity index (χ1n) is 8.26. The van der Waals surface area contributed by atoms with E-state index in [0.717, 1.165) is 38.5 Å². The van der Waals surface area contributed by atoms with E-state index in [-0.39, 0.29) is 23.5 Å². The van der Waals surface area contributed by atoms with Crippen molar-refractivity contribution in [2.24, 2.45) is 11.1 Å². The third-order valence-corrected chi connectivity index (χ3v) is 5.40. The molecule has 0 radical (unpaired) electrons. The number of hydrogen-bond acceptors (Lipinski definition) is 3. The number of amides is 1. The van der Waals surface area contributed by atoms with E-state index in [2.05, 4.69) is 5.32 Å². The van der Waals surface area contributed by atoms with Crippen LogP contribution in [0.2, 0.25) is 0 Å². The quantitative estimate of drug-likeness (QED) is 0.723. The Morgan fingerprint density at radius 3 is 2.05 bits per heavy atom. The molecule has 0 bridgehead atoms. The molecular formula is C16H30N2O2. The van der Waals surface area contributed by atoms with E-state index in [1.807, 2.05) is 0 Å². The molecular weight excluding hydrogens is 252 g/mol. The lowest BCUT2D eigenvalue weighted by atomic mass is 9.71. The maximum atomic E-state index is 12.4. The molecule has 4 nitrogen and oxygen atoms in total. The van der Waals surface area contributed by atoms with Crippen LogP contribution in [-0.2, 0) is 4.79 Å². The van der Waals surface area contributed by atoms with E-state index < -0.39 is 0 Å². The van der Waals surface area contributed by atoms with E-state index in [1.165, 1.54) is 25.7 Å². The van der Waals surface area contributed by atoms with Gasteiger partial charge in [-0.3, -0.25) is 4.79 Å². The number of carbonyl (C=O) groups excluding carboxylic acids is 1. The fourth-order valence-corrected chi connectivity index (χ4v) is 3.99. The van der Waals surface area contributed by atoms with Crippen molar-refractivity contribution in [2.45, 2.75) is 76.2 Å². The van der Waals surface area contributed by atoms with Gasteiger partial charge < -0.3 is 16.2 Å². The molecule has 2 rings (SSSR count). The van der Waals surface area contributed by atoms with Crippen molar-refractivity contribution in [1.82, 2.24) is 5.32 Å². The van der Waals surface area contributed by atoms with Crippen molar-refractivity contribution < 1.29 is 9.90 Å². The summed E-state index contributed by atoms with van der Waals surface area (Å²) < 4.78 is 0. The fraction of sp³-hybridized carbons (Fsp3) is 0.938. The molecule has 2 saturated carbocycles. The normalized spacial score (nSPS) is 25.1. The van der Waals surface area contributed by atoms with Crippen molar-refractivity contribution in [2.75, 3.05) is 13.2 Å². The van der Waals surface area contributed by atoms with Crippen molar-refractivity contribution in [1.29, 1.82) is 0 Å². The zero-order valence-corrected chi connectivity index (χ0v) is 12.6. The lowest BCUT2D eigenvalue weighted by Gasteiger charge is -2.40. The van der Waals surface area contributed by atoms with Gasteiger partial charge in [0.05, 0.1) is 12.1 Å². The summed E-state index contributed by atoms with van der Waals surface area (Å²) in [5, 5.41) is 12.8. The van der Waals surface area contributed by atoms with Gasteiger partial charge >= 0.3 is 0 Å². The Kier molecular flexibility index (Phi) is 5.44. The smallest absolute Gasteiger partial charge is 0.221 e. The van der Waals surface area contributed by atoms with Gasteiger partial charge in [-0.05, 0) is 37.6 Å². The van der Waals surface area contributed by atoms with E-state index in [9.17, 15) is 9.90 Å². The van der Waals surface area contributed by atoms with Crippen molar-refractivity contribution in [3.8, 4) is 0 Å². The van der Waals surface area contributed by atoms with Gasteiger partial charge in [-0.15, -0.1) is 0 Å². The SMILES string of the molecule is NCC1(CC(=O)NC2(CO)CCCCC2)CCCCC1. The third kappa shape index (κ3) is 3.73. The molecule has 0 spiro atoms. The average Bonchev–Trinajstić information content (AvgIpc) is 2.49. The highest BCUT2D eigenvalue weighted by Gasteiger charge is 2.37. The molecule has 116 valence electrons. The first-order valence-corrected chi connectivity index (χ1v) is 8.26. The minimum absolute atomic E-state index is 0.00759. The lowest BCUT2D eigenvalue weighted by Crippen LogP contribution is -2.53. The number of nitrogens with two attached hydrogens (primary N) is 1. The standard InChI is InChI=1S/C16H30N2O2/c17-12-15(7-3-1-4-8-15)11-14(20)18-16(13-19)9-5-2-6-10-16/h19H,1-13,17H2,(H,18,20). The molecule has 0 aliphatic heterocycles. The molecule has 2 aliphatic carbocycles. The molecule has 0 saturated heterocycles. The third-order valence-electron chi connectivity index (χ3n) is 5.40. The number of nitrogens with one attached hydrogen (secondary N) is 1. The second-order valence-electron chi connectivity index (χ2n) is 6.99. The van der Waals surface area contributed by atoms with Crippen molar-refractivity contribution in [3.63, 3.8) is 0 Å². The average molecular weight is 282 g/mol. The Labute approximate surface area is 122 Å². The highest BCUT2D eigenvalue weighted by Crippen LogP contribution is 2.38. The van der Waals surface area contributed by atoms with Gasteiger partial charge in [0.2, 0.25) is 5.91 Å². The van der Waals surface area contributed by atoms with Crippen LogP contribution in [0.1, 0.15) is 70.6 Å². The van der Waals surface area contributed by atoms with E-state index in [0.29, 0.717) is 13.0 Å². The highest BCUT2D eigenvalue weighted by molar-refractivity contribution is 5.77. The summed E-state index contributed by atoms with van der Waals surface area (Å²) in [6.07, 6.45) is 11.6. The first-order chi connectivity index (χ1) is 9.64. The highest BCUT2D eigenvalue weighted by atomic mass is 16.3. The lowest BCUT2D eigenvalue weighted by molar-refractivity contribution is -0.127. The van der Waals surface area contributed by atoms with Crippen molar-refractivity contribution >= 4 is 5.91 Å². The predicted octanol–water partition coefficient (Wildman–Crippen LogP) is 2.10. The Balaban J connectivity index is 1.93. The van der Waals surface area contributed by atoms with Crippen LogP contribution in [0, 0.1) is 5.41 Å². The number of rotatable bonds is 5. The summed E-state index contributed by atoms with van der Waals surface area (Å²) in [6, 6.07) is 0. The summed E-state index contributed by atoms with van der Waals surface area (Å²) in [5.74, 6) is 0.0910. The largest absolute Gasteiger partial charge is 0.394 e. The molecule has 2 aliphatic rings. The minimum atomic E-state index is -0.361. The van der Waals surface area contributed by atoms with Crippen LogP contribution >= 0.6 is 0 Å². The van der Waals surface area contributed by atoms with Crippen LogP contribution < -0.4 is 11.1 Å². The zero-order chi connectivity index (χ0) is 14.5. The van der Waals surface area contributed by atoms with E-state index in [4.69, 9.17) is 5.73 Å². The monoisotopic (exact) mass is 282 g/mol. The molecule has 20 heavy (non-hydrogen) atoms. The molecule has 4 N–H and O–H groups in total. The number of aliphatic hydroxyl groups is 1. The van der Waals surface area contributed by atoms with E-state index in [1.54, 1.807) is 0 Å². The Bertz CT molecular complexity index is 288. The Hall–Kier alpha value is -0.610. The van der Waals surface area contributed by atoms with Crippen molar-refractivity contribution in [3.05, 3.63) is 0 Å². The first kappa shape index (κ1) is 15.8. The summed E-state index contributed by atoms with van der Waals surface area (Å²) >= 11 is 0. The Morgan fingerprint density at radius 1 is 1.00 bits per heavy atom. The van der Waals surface area contributed by atoms with Crippen LogP contribution in [-0.4, -0.2) is 29.7 Å². The van der Waals surface area contributed by atoms with Crippen LogP contribution in [0.3, 0.4) is 0 Å². The van der Waals surface area contributed by atoms with Crippen LogP contribution in [0.15, 0.2) is 0 Å². The van der Waals surface area contributed by atoms with Gasteiger partial charge in [-0.2, -0.15) is 0 Å². The van der Waals surface area contributed by atoms with Gasteiger partial charge in [-0.25, -0.2) is 0 Å². The number of carbonyl (C=O) groups is 1. The summed E-state index contributed by atoms with van der Waals surface area (Å²) in [6.45, 7) is 0.668. The number of hydrogen-bond donors (Lipinski definition) is 3. The van der Waals surface area contributed by atoms with Gasteiger partial charge in [0, 0.05) is 6.42 Å². The second kappa shape index (κ2) is 6.90. The van der Waals surface area contributed by atoms with Gasteiger partial charge in [0.25, 0.3) is 0 Å². The molecule has 1 amide bonds. The van der Waals surface area contributed by atoms with E-state index >= 15 is 0 Å². The summed E-state index contributed by atoms with van der Waals surface area (Å²) in [5.41, 5.74) is 5.60. The Morgan fingerprint density at radius 2 is 1.55 bits per heavy atom. The van der Waals surface area contributed by atoms with Crippen LogP contribution in [0.4, 0.5) is 0 Å². The van der Waals surface area contributed by atoms with Crippen LogP contribution in [0.5, 0.6) is 0 Å². The molecule has 0 aromatic heterocycles. The van der Waals surface area contributed by atoms with Gasteiger partial charge in [0.1, 0.15) is 0 Å². The van der Waals surface area contributed by atoms with Gasteiger partial charge in [0.15, 0.2) is 0 Å². The molecule has 0 aromatic rings. The number of aliphatic hydroxyl groups excluding tert-OH is 1. The maximum Gasteiger partial charge on any atom is 0.221 e. The molecule has 4 heteroatoms. The summed E-state index contributed by atoms with van der Waals surface area (Å²) in [7, 11) is 0. The molecule has 0 aromatic carbocycles. The van der Waals surface area contributed by atoms with Crippen LogP contribution in [0.25, 0.3) is 0 Å². The zero-order valence-electron chi connectivity index (χ0n) is 12.6. The predicted molar refractivity (Wildman–Crippen MR) is 80.2 cm³/mol. The molecule has 2 fully saturated rings. The molecule has 0 atom stereocenters. The second-order valence-corrected chi connectivity index (χ2v) is 6.99.